The molecule has 3 heterocycles. The maximum absolute atomic E-state index is 5.63. The second-order valence-electron chi connectivity index (χ2n) is 8.01. The van der Waals surface area contributed by atoms with Crippen molar-refractivity contribution in [1.82, 2.24) is 20.3 Å². The fraction of sp³-hybridized carbons (Fsp3) is 0.333. The molecule has 1 aliphatic rings. The number of fused-ring (bicyclic) bond motifs is 1. The molecule has 0 radical (unpaired) electrons. The molecule has 1 aliphatic heterocycles. The summed E-state index contributed by atoms with van der Waals surface area (Å²) in [5.74, 6) is 2.20. The third-order valence-electron chi connectivity index (χ3n) is 5.57. The van der Waals surface area contributed by atoms with Gasteiger partial charge in [-0.25, -0.2) is 14.6 Å². The van der Waals surface area contributed by atoms with E-state index in [4.69, 9.17) is 14.3 Å². The zero-order valence-corrected chi connectivity index (χ0v) is 19.5. The second-order valence-corrected chi connectivity index (χ2v) is 9.38. The highest BCUT2D eigenvalue weighted by molar-refractivity contribution is 8.00. The molecule has 1 saturated heterocycles. The number of aromatic nitrogens is 4. The van der Waals surface area contributed by atoms with Crippen LogP contribution in [-0.4, -0.2) is 45.2 Å². The minimum atomic E-state index is 0.382. The third kappa shape index (κ3) is 5.03. The van der Waals surface area contributed by atoms with Gasteiger partial charge in [-0.15, -0.1) is 11.8 Å². The number of benzene rings is 2. The summed E-state index contributed by atoms with van der Waals surface area (Å²) < 4.78 is 10.5. The van der Waals surface area contributed by atoms with E-state index in [2.05, 4.69) is 56.7 Å². The molecule has 4 aromatic rings. The number of ether oxygens (including phenoxy) is 1. The molecule has 0 atom stereocenters. The molecular formula is C24H26N6O2S. The van der Waals surface area contributed by atoms with Crippen LogP contribution in [0, 0.1) is 6.92 Å². The molecule has 2 aromatic carbocycles. The molecule has 0 spiro atoms. The van der Waals surface area contributed by atoms with Gasteiger partial charge in [-0.2, -0.15) is 0 Å². The Morgan fingerprint density at radius 1 is 1.06 bits per heavy atom. The first-order chi connectivity index (χ1) is 16.2. The normalized spacial score (nSPS) is 14.5. The lowest BCUT2D eigenvalue weighted by molar-refractivity contribution is 0.314. The Morgan fingerprint density at radius 2 is 1.82 bits per heavy atom. The van der Waals surface area contributed by atoms with Crippen LogP contribution in [-0.2, 0) is 0 Å². The summed E-state index contributed by atoms with van der Waals surface area (Å²) >= 11 is 1.96. The maximum atomic E-state index is 5.63. The number of hydrogen-bond acceptors (Lipinski definition) is 9. The van der Waals surface area contributed by atoms with E-state index in [-0.39, 0.29) is 0 Å². The lowest BCUT2D eigenvalue weighted by Gasteiger charge is -2.33. The predicted octanol–water partition coefficient (Wildman–Crippen LogP) is 5.22. The van der Waals surface area contributed by atoms with Crippen molar-refractivity contribution >= 4 is 40.4 Å². The molecule has 5 rings (SSSR count). The highest BCUT2D eigenvalue weighted by atomic mass is 32.2. The maximum Gasteiger partial charge on any atom is 0.245 e. The van der Waals surface area contributed by atoms with Gasteiger partial charge < -0.3 is 15.0 Å². The van der Waals surface area contributed by atoms with Crippen molar-refractivity contribution in [3.05, 3.63) is 54.1 Å². The first kappa shape index (κ1) is 21.5. The van der Waals surface area contributed by atoms with Crippen LogP contribution < -0.4 is 15.0 Å². The van der Waals surface area contributed by atoms with E-state index >= 15 is 0 Å². The van der Waals surface area contributed by atoms with Crippen LogP contribution in [0.2, 0.25) is 0 Å². The Hall–Kier alpha value is -3.33. The summed E-state index contributed by atoms with van der Waals surface area (Å²) in [6.07, 6.45) is 2.13. The van der Waals surface area contributed by atoms with Crippen molar-refractivity contribution in [2.75, 3.05) is 29.9 Å². The summed E-state index contributed by atoms with van der Waals surface area (Å²) in [4.78, 5) is 13.0. The van der Waals surface area contributed by atoms with E-state index in [1.165, 1.54) is 10.5 Å². The first-order valence-electron chi connectivity index (χ1n) is 11.2. The summed E-state index contributed by atoms with van der Waals surface area (Å²) in [7, 11) is 0. The van der Waals surface area contributed by atoms with E-state index in [9.17, 15) is 0 Å². The van der Waals surface area contributed by atoms with Gasteiger partial charge in [0.15, 0.2) is 11.6 Å². The molecule has 0 unspecified atom stereocenters. The SMILES string of the molecule is CCOc1cccc(Nc2nc3nonc3nc2N2CCC(Sc3ccc(C)cc3)CC2)c1. The van der Waals surface area contributed by atoms with Crippen LogP contribution in [0.25, 0.3) is 11.3 Å². The largest absolute Gasteiger partial charge is 0.494 e. The van der Waals surface area contributed by atoms with Gasteiger partial charge in [0.25, 0.3) is 0 Å². The van der Waals surface area contributed by atoms with Gasteiger partial charge in [0, 0.05) is 35.0 Å². The number of anilines is 3. The molecule has 2 aromatic heterocycles. The third-order valence-corrected chi connectivity index (χ3v) is 6.92. The summed E-state index contributed by atoms with van der Waals surface area (Å²) in [5, 5.41) is 11.7. The van der Waals surface area contributed by atoms with Crippen LogP contribution in [0.5, 0.6) is 5.75 Å². The number of nitrogens with zero attached hydrogens (tertiary/aromatic N) is 5. The topological polar surface area (TPSA) is 89.2 Å². The Kier molecular flexibility index (Phi) is 6.30. The number of rotatable bonds is 7. The van der Waals surface area contributed by atoms with Crippen LogP contribution in [0.15, 0.2) is 58.1 Å². The van der Waals surface area contributed by atoms with E-state index in [0.29, 0.717) is 29.0 Å². The van der Waals surface area contributed by atoms with Gasteiger partial charge in [-0.05, 0) is 61.3 Å². The Balaban J connectivity index is 1.34. The van der Waals surface area contributed by atoms with Crippen molar-refractivity contribution in [2.24, 2.45) is 0 Å². The van der Waals surface area contributed by atoms with E-state index in [1.54, 1.807) is 0 Å². The molecule has 0 amide bonds. The molecule has 0 saturated carbocycles. The molecule has 0 bridgehead atoms. The predicted molar refractivity (Wildman–Crippen MR) is 131 cm³/mol. The zero-order chi connectivity index (χ0) is 22.6. The molecule has 0 aliphatic carbocycles. The Labute approximate surface area is 196 Å². The van der Waals surface area contributed by atoms with E-state index in [1.807, 2.05) is 43.0 Å². The fourth-order valence-electron chi connectivity index (χ4n) is 3.90. The van der Waals surface area contributed by atoms with Crippen LogP contribution in [0.1, 0.15) is 25.3 Å². The molecule has 170 valence electrons. The molecule has 1 N–H and O–H groups in total. The molecular weight excluding hydrogens is 436 g/mol. The smallest absolute Gasteiger partial charge is 0.245 e. The average Bonchev–Trinajstić information content (AvgIpc) is 3.29. The summed E-state index contributed by atoms with van der Waals surface area (Å²) in [5.41, 5.74) is 2.95. The lowest BCUT2D eigenvalue weighted by Crippen LogP contribution is -2.36. The highest BCUT2D eigenvalue weighted by Crippen LogP contribution is 2.34. The van der Waals surface area contributed by atoms with Crippen molar-refractivity contribution in [3.63, 3.8) is 0 Å². The molecule has 9 heteroatoms. The lowest BCUT2D eigenvalue weighted by atomic mass is 10.1. The number of thioether (sulfide) groups is 1. The van der Waals surface area contributed by atoms with E-state index < -0.39 is 0 Å². The molecule has 33 heavy (non-hydrogen) atoms. The minimum Gasteiger partial charge on any atom is -0.494 e. The van der Waals surface area contributed by atoms with Crippen molar-refractivity contribution in [2.45, 2.75) is 36.8 Å². The quantitative estimate of drug-likeness (QED) is 0.397. The second kappa shape index (κ2) is 9.66. The Morgan fingerprint density at radius 3 is 2.58 bits per heavy atom. The molecule has 8 nitrogen and oxygen atoms in total. The van der Waals surface area contributed by atoms with E-state index in [0.717, 1.165) is 43.2 Å². The van der Waals surface area contributed by atoms with Gasteiger partial charge in [0.2, 0.25) is 11.3 Å². The van der Waals surface area contributed by atoms with Crippen molar-refractivity contribution < 1.29 is 9.37 Å². The highest BCUT2D eigenvalue weighted by Gasteiger charge is 2.25. The zero-order valence-electron chi connectivity index (χ0n) is 18.7. The fourth-order valence-corrected chi connectivity index (χ4v) is 5.02. The first-order valence-corrected chi connectivity index (χ1v) is 12.0. The number of piperidine rings is 1. The minimum absolute atomic E-state index is 0.382. The van der Waals surface area contributed by atoms with Crippen molar-refractivity contribution in [1.29, 1.82) is 0 Å². The van der Waals surface area contributed by atoms with Gasteiger partial charge in [-0.3, -0.25) is 0 Å². The summed E-state index contributed by atoms with van der Waals surface area (Å²) in [6, 6.07) is 16.6. The van der Waals surface area contributed by atoms with Crippen LogP contribution >= 0.6 is 11.8 Å². The van der Waals surface area contributed by atoms with Crippen LogP contribution in [0.4, 0.5) is 17.3 Å². The number of hydrogen-bond donors (Lipinski definition) is 1. The number of nitrogens with one attached hydrogen (secondary N) is 1. The standard InChI is InChI=1S/C24H26N6O2S/c1-3-31-18-6-4-5-17(15-18)25-23-24(27-22-21(26-23)28-32-29-22)30-13-11-20(12-14-30)33-19-9-7-16(2)8-10-19/h4-10,15,20H,3,11-14H2,1-2H3,(H,25,26,28). The van der Waals surface area contributed by atoms with Gasteiger partial charge in [-0.1, -0.05) is 23.8 Å². The number of aryl methyl sites for hydroxylation is 1. The summed E-state index contributed by atoms with van der Waals surface area (Å²) in [6.45, 7) is 6.48. The Bertz CT molecular complexity index is 1220. The average molecular weight is 463 g/mol. The van der Waals surface area contributed by atoms with Gasteiger partial charge in [0.1, 0.15) is 5.75 Å². The van der Waals surface area contributed by atoms with Gasteiger partial charge >= 0.3 is 0 Å². The monoisotopic (exact) mass is 462 g/mol. The van der Waals surface area contributed by atoms with Gasteiger partial charge in [0.05, 0.1) is 6.61 Å². The van der Waals surface area contributed by atoms with Crippen LogP contribution in [0.3, 0.4) is 0 Å². The molecule has 1 fully saturated rings. The van der Waals surface area contributed by atoms with Crippen molar-refractivity contribution in [3.8, 4) is 5.75 Å².